The van der Waals surface area contributed by atoms with Crippen LogP contribution in [0.4, 0.5) is 11.4 Å². The number of rotatable bonds is 5. The van der Waals surface area contributed by atoms with Crippen molar-refractivity contribution in [2.45, 2.75) is 25.3 Å². The van der Waals surface area contributed by atoms with E-state index in [9.17, 15) is 14.9 Å². The van der Waals surface area contributed by atoms with E-state index in [2.05, 4.69) is 6.08 Å². The Morgan fingerprint density at radius 2 is 1.64 bits per heavy atom. The number of anilines is 1. The number of fused-ring (bicyclic) bond motifs is 3. The van der Waals surface area contributed by atoms with Gasteiger partial charge in [-0.25, -0.2) is 5.01 Å². The summed E-state index contributed by atoms with van der Waals surface area (Å²) in [4.78, 5) is 28.0. The molecule has 0 unspecified atom stereocenters. The van der Waals surface area contributed by atoms with Gasteiger partial charge in [0.1, 0.15) is 5.69 Å². The minimum absolute atomic E-state index is 0.0778. The second kappa shape index (κ2) is 11.1. The average molecular weight is 611 g/mol. The SMILES string of the molecule is O=C(c1ccc(N2CCOCC2)c([N+](=O)[O-])c1)N1N=C2/C(=C\c3ccc4c(c3)OCO4)CCC[C@H]2[C@H]1c1ccc2c(c1)OCO2. The Balaban J connectivity index is 1.19. The van der Waals surface area contributed by atoms with Gasteiger partial charge in [-0.2, -0.15) is 5.10 Å². The van der Waals surface area contributed by atoms with E-state index in [4.69, 9.17) is 28.8 Å². The number of carbonyl (C=O) groups excluding carboxylic acids is 1. The van der Waals surface area contributed by atoms with Gasteiger partial charge < -0.3 is 28.6 Å². The first kappa shape index (κ1) is 27.4. The summed E-state index contributed by atoms with van der Waals surface area (Å²) in [6.07, 6.45) is 4.65. The van der Waals surface area contributed by atoms with Crippen LogP contribution >= 0.6 is 0 Å². The van der Waals surface area contributed by atoms with Crippen LogP contribution in [0.3, 0.4) is 0 Å². The number of amides is 1. The largest absolute Gasteiger partial charge is 0.454 e. The smallest absolute Gasteiger partial charge is 0.293 e. The van der Waals surface area contributed by atoms with Crippen molar-refractivity contribution >= 4 is 29.1 Å². The van der Waals surface area contributed by atoms with Crippen molar-refractivity contribution in [3.63, 3.8) is 0 Å². The highest BCUT2D eigenvalue weighted by atomic mass is 16.7. The van der Waals surface area contributed by atoms with Crippen LogP contribution in [-0.2, 0) is 4.74 Å². The highest BCUT2D eigenvalue weighted by Crippen LogP contribution is 2.47. The van der Waals surface area contributed by atoms with Gasteiger partial charge in [-0.3, -0.25) is 14.9 Å². The Morgan fingerprint density at radius 1 is 0.911 bits per heavy atom. The van der Waals surface area contributed by atoms with Gasteiger partial charge in [0.05, 0.1) is 29.9 Å². The molecule has 2 atom stereocenters. The maximum Gasteiger partial charge on any atom is 0.293 e. The Kier molecular flexibility index (Phi) is 6.78. The van der Waals surface area contributed by atoms with Crippen molar-refractivity contribution in [1.29, 1.82) is 0 Å². The van der Waals surface area contributed by atoms with Crippen LogP contribution in [0, 0.1) is 16.0 Å². The van der Waals surface area contributed by atoms with Gasteiger partial charge in [-0.1, -0.05) is 12.1 Å². The number of benzene rings is 3. The molecule has 3 aromatic rings. The molecule has 0 bridgehead atoms. The molecule has 4 heterocycles. The van der Waals surface area contributed by atoms with Gasteiger partial charge >= 0.3 is 0 Å². The van der Waals surface area contributed by atoms with Gasteiger partial charge in [0.25, 0.3) is 11.6 Å². The third-order valence-corrected chi connectivity index (χ3v) is 8.96. The van der Waals surface area contributed by atoms with Crippen molar-refractivity contribution in [2.24, 2.45) is 11.0 Å². The number of nitro groups is 1. The minimum Gasteiger partial charge on any atom is -0.454 e. The number of morpholine rings is 1. The lowest BCUT2D eigenvalue weighted by atomic mass is 9.77. The Morgan fingerprint density at radius 3 is 2.42 bits per heavy atom. The first-order valence-corrected chi connectivity index (χ1v) is 15.1. The zero-order valence-corrected chi connectivity index (χ0v) is 24.3. The Bertz CT molecular complexity index is 1770. The molecule has 0 aromatic heterocycles. The van der Waals surface area contributed by atoms with Crippen LogP contribution in [0.2, 0.25) is 0 Å². The molecule has 1 saturated heterocycles. The summed E-state index contributed by atoms with van der Waals surface area (Å²) in [6, 6.07) is 15.8. The van der Waals surface area contributed by atoms with E-state index in [-0.39, 0.29) is 30.8 Å². The molecule has 1 aliphatic carbocycles. The number of hydrogen-bond acceptors (Lipinski definition) is 10. The van der Waals surface area contributed by atoms with Crippen molar-refractivity contribution in [2.75, 3.05) is 44.8 Å². The molecule has 230 valence electrons. The molecule has 3 aromatic carbocycles. The Labute approximate surface area is 258 Å². The van der Waals surface area contributed by atoms with Crippen molar-refractivity contribution in [3.05, 3.63) is 87.0 Å². The zero-order valence-electron chi connectivity index (χ0n) is 24.3. The van der Waals surface area contributed by atoms with Crippen LogP contribution < -0.4 is 23.8 Å². The average Bonchev–Trinajstić information content (AvgIpc) is 3.83. The molecular formula is C33H30N4O8. The molecule has 0 spiro atoms. The molecule has 1 saturated carbocycles. The fraction of sp³-hybridized carbons (Fsp3) is 0.333. The molecule has 4 aliphatic heterocycles. The highest BCUT2D eigenvalue weighted by molar-refractivity contribution is 6.09. The van der Waals surface area contributed by atoms with Crippen LogP contribution in [0.25, 0.3) is 6.08 Å². The quantitative estimate of drug-likeness (QED) is 0.279. The molecule has 12 heteroatoms. The summed E-state index contributed by atoms with van der Waals surface area (Å²) < 4.78 is 27.7. The fourth-order valence-corrected chi connectivity index (χ4v) is 6.81. The summed E-state index contributed by atoms with van der Waals surface area (Å²) >= 11 is 0. The fourth-order valence-electron chi connectivity index (χ4n) is 6.81. The third kappa shape index (κ3) is 4.91. The van der Waals surface area contributed by atoms with Crippen LogP contribution in [-0.4, -0.2) is 61.4 Å². The lowest BCUT2D eigenvalue weighted by molar-refractivity contribution is -0.384. The van der Waals surface area contributed by atoms with Gasteiger partial charge in [-0.15, -0.1) is 0 Å². The van der Waals surface area contributed by atoms with E-state index in [0.29, 0.717) is 55.0 Å². The monoisotopic (exact) mass is 610 g/mol. The summed E-state index contributed by atoms with van der Waals surface area (Å²) in [5.41, 5.74) is 4.26. The Hall–Kier alpha value is -5.10. The second-order valence-electron chi connectivity index (χ2n) is 11.5. The summed E-state index contributed by atoms with van der Waals surface area (Å²) in [5.74, 6) is 2.19. The van der Waals surface area contributed by atoms with Gasteiger partial charge in [0, 0.05) is 30.6 Å². The van der Waals surface area contributed by atoms with Crippen LogP contribution in [0.5, 0.6) is 23.0 Å². The minimum atomic E-state index is -0.432. The number of nitrogens with zero attached hydrogens (tertiary/aromatic N) is 4. The molecular weight excluding hydrogens is 580 g/mol. The highest BCUT2D eigenvalue weighted by Gasteiger charge is 2.44. The van der Waals surface area contributed by atoms with Gasteiger partial charge in [0.2, 0.25) is 13.6 Å². The summed E-state index contributed by atoms with van der Waals surface area (Å²) in [7, 11) is 0. The number of hydrogen-bond donors (Lipinski definition) is 0. The molecule has 2 fully saturated rings. The normalized spacial score (nSPS) is 22.4. The maximum atomic E-state index is 14.3. The van der Waals surface area contributed by atoms with E-state index in [0.717, 1.165) is 41.7 Å². The number of ether oxygens (including phenoxy) is 5. The third-order valence-electron chi connectivity index (χ3n) is 8.96. The molecule has 8 rings (SSSR count). The molecule has 1 amide bonds. The first-order chi connectivity index (χ1) is 22.0. The molecule has 45 heavy (non-hydrogen) atoms. The number of hydrazone groups is 1. The van der Waals surface area contributed by atoms with Gasteiger partial charge in [0.15, 0.2) is 23.0 Å². The second-order valence-corrected chi connectivity index (χ2v) is 11.5. The molecule has 0 N–H and O–H groups in total. The van der Waals surface area contributed by atoms with E-state index in [1.807, 2.05) is 41.3 Å². The topological polar surface area (TPSA) is 125 Å². The number of carbonyl (C=O) groups is 1. The lowest BCUT2D eigenvalue weighted by Gasteiger charge is -2.30. The van der Waals surface area contributed by atoms with Crippen molar-refractivity contribution in [3.8, 4) is 23.0 Å². The molecule has 0 radical (unpaired) electrons. The zero-order chi connectivity index (χ0) is 30.5. The standard InChI is InChI=1S/C33H30N4O8/c38-33(23-5-7-25(26(16-23)37(39)40)35-10-12-41-13-11-35)36-32(22-6-9-28-30(17-22)45-19-43-28)24-3-1-2-21(31(24)34-36)14-20-4-8-27-29(15-20)44-18-42-27/h4-9,14-17,24,32H,1-3,10-13,18-19H2/b21-14-/t24-,32-/m1/s1. The van der Waals surface area contributed by atoms with Crippen molar-refractivity contribution < 1.29 is 33.4 Å². The number of allylic oxidation sites excluding steroid dienone is 1. The van der Waals surface area contributed by atoms with Crippen LogP contribution in [0.15, 0.2) is 65.3 Å². The summed E-state index contributed by atoms with van der Waals surface area (Å²) in [5, 5.41) is 18.7. The predicted molar refractivity (Wildman–Crippen MR) is 163 cm³/mol. The maximum absolute atomic E-state index is 14.3. The van der Waals surface area contributed by atoms with Crippen molar-refractivity contribution in [1.82, 2.24) is 5.01 Å². The van der Waals surface area contributed by atoms with Gasteiger partial charge in [-0.05, 0) is 78.4 Å². The van der Waals surface area contributed by atoms with E-state index in [1.54, 1.807) is 12.1 Å². The number of nitro benzene ring substituents is 1. The van der Waals surface area contributed by atoms with E-state index >= 15 is 0 Å². The predicted octanol–water partition coefficient (Wildman–Crippen LogP) is 5.33. The molecule has 5 aliphatic rings. The van der Waals surface area contributed by atoms with E-state index < -0.39 is 16.9 Å². The van der Waals surface area contributed by atoms with E-state index in [1.165, 1.54) is 11.1 Å². The summed E-state index contributed by atoms with van der Waals surface area (Å²) in [6.45, 7) is 2.40. The lowest BCUT2D eigenvalue weighted by Crippen LogP contribution is -2.36. The van der Waals surface area contributed by atoms with Crippen LogP contribution in [0.1, 0.15) is 46.8 Å². The molecule has 12 nitrogen and oxygen atoms in total. The first-order valence-electron chi connectivity index (χ1n) is 15.1.